The van der Waals surface area contributed by atoms with Crippen LogP contribution in [0.2, 0.25) is 0 Å². The van der Waals surface area contributed by atoms with E-state index in [-0.39, 0.29) is 37.7 Å². The Kier molecular flexibility index (Phi) is 12.6. The number of ether oxygens (including phenoxy) is 5. The van der Waals surface area contributed by atoms with Crippen LogP contribution in [0.5, 0.6) is 0 Å². The Morgan fingerprint density at radius 2 is 1.95 bits per heavy atom. The third-order valence-electron chi connectivity index (χ3n) is 5.27. The van der Waals surface area contributed by atoms with Crippen LogP contribution in [0.1, 0.15) is 45.7 Å². The Balaban J connectivity index is 2.50. The first-order valence-corrected chi connectivity index (χ1v) is 13.6. The molecule has 1 saturated heterocycles. The lowest BCUT2D eigenvalue weighted by atomic mass is 10.2. The molecular weight excluding hydrogens is 528 g/mol. The quantitative estimate of drug-likeness (QED) is 0.265. The van der Waals surface area contributed by atoms with Gasteiger partial charge in [-0.1, -0.05) is 11.6 Å². The molecule has 0 amide bonds. The Bertz CT molecular complexity index is 1030. The van der Waals surface area contributed by atoms with E-state index in [9.17, 15) is 8.42 Å². The van der Waals surface area contributed by atoms with Crippen LogP contribution in [0.25, 0.3) is 0 Å². The molecule has 0 unspecified atom stereocenters. The summed E-state index contributed by atoms with van der Waals surface area (Å²) in [5, 5.41) is 7.58. The third-order valence-corrected chi connectivity index (χ3v) is 7.06. The lowest BCUT2D eigenvalue weighted by Gasteiger charge is -2.28. The largest absolute Gasteiger partial charge is 0.382 e. The van der Waals surface area contributed by atoms with Crippen molar-refractivity contribution in [2.75, 3.05) is 52.0 Å². The van der Waals surface area contributed by atoms with E-state index in [4.69, 9.17) is 35.3 Å². The number of hydrogen-bond donors (Lipinski definition) is 1. The normalized spacial score (nSPS) is 19.3. The minimum absolute atomic E-state index is 0.0278. The predicted octanol–water partition coefficient (Wildman–Crippen LogP) is 2.32. The Hall–Kier alpha value is -1.94. The van der Waals surface area contributed by atoms with Gasteiger partial charge in [-0.05, 0) is 34.4 Å². The minimum atomic E-state index is -4.13. The molecule has 0 aliphatic carbocycles. The molecule has 1 aliphatic heterocycles. The molecule has 1 aromatic heterocycles. The van der Waals surface area contributed by atoms with Gasteiger partial charge in [-0.25, -0.2) is 18.4 Å². The highest BCUT2D eigenvalue weighted by Gasteiger charge is 2.37. The molecule has 2 heterocycles. The van der Waals surface area contributed by atoms with Crippen LogP contribution < -0.4 is 4.72 Å². The summed E-state index contributed by atoms with van der Waals surface area (Å²) in [4.78, 5) is 8.07. The highest BCUT2D eigenvalue weighted by molar-refractivity contribution is 7.93. The van der Waals surface area contributed by atoms with Crippen molar-refractivity contribution < 1.29 is 32.1 Å². The topological polar surface area (TPSA) is 148 Å². The Morgan fingerprint density at radius 3 is 2.46 bits per heavy atom. The number of aromatic nitrogens is 3. The average molecular weight is 565 g/mol. The summed E-state index contributed by atoms with van der Waals surface area (Å²) in [7, 11) is -1.06. The van der Waals surface area contributed by atoms with Gasteiger partial charge < -0.3 is 23.7 Å². The van der Waals surface area contributed by atoms with E-state index in [0.717, 1.165) is 0 Å². The number of nitrogens with one attached hydrogen (secondary N) is 1. The highest BCUT2D eigenvalue weighted by Crippen LogP contribution is 2.27. The molecule has 1 aliphatic rings. The summed E-state index contributed by atoms with van der Waals surface area (Å²) < 4.78 is 59.3. The van der Waals surface area contributed by atoms with Gasteiger partial charge in [0.1, 0.15) is 17.5 Å². The smallest absolute Gasteiger partial charge is 0.240 e. The predicted molar refractivity (Wildman–Crippen MR) is 141 cm³/mol. The van der Waals surface area contributed by atoms with E-state index in [0.29, 0.717) is 24.1 Å². The summed E-state index contributed by atoms with van der Waals surface area (Å²) in [6.45, 7) is 11.7. The van der Waals surface area contributed by atoms with Gasteiger partial charge in [0.25, 0.3) is 0 Å². The maximum absolute atomic E-state index is 13.6. The molecule has 0 spiro atoms. The fourth-order valence-corrected chi connectivity index (χ4v) is 4.73. The highest BCUT2D eigenvalue weighted by atomic mass is 35.5. The van der Waals surface area contributed by atoms with Crippen molar-refractivity contribution in [3.63, 3.8) is 0 Å². The number of aliphatic imine (C=N–C) groups is 2. The maximum atomic E-state index is 13.6. The molecule has 15 heteroatoms. The van der Waals surface area contributed by atoms with Crippen LogP contribution >= 0.6 is 11.6 Å². The summed E-state index contributed by atoms with van der Waals surface area (Å²) in [5.41, 5.74) is 0. The summed E-state index contributed by atoms with van der Waals surface area (Å²) in [6, 6.07) is -0.454. The SMILES string of the molecule is C=NC(=N/C=C(\C)Cl)[C@H](OC(C)C)[C@H](C)S(=O)(=O)Nc1nnc([C@@H]2COCCO2)n1C(COC)COC. The number of methoxy groups -OCH3 is 2. The van der Waals surface area contributed by atoms with Crippen molar-refractivity contribution in [1.29, 1.82) is 0 Å². The van der Waals surface area contributed by atoms with E-state index < -0.39 is 33.5 Å². The van der Waals surface area contributed by atoms with Crippen LogP contribution in [0.3, 0.4) is 0 Å². The number of sulfonamides is 1. The summed E-state index contributed by atoms with van der Waals surface area (Å²) >= 11 is 5.89. The van der Waals surface area contributed by atoms with Gasteiger partial charge in [-0.2, -0.15) is 0 Å². The monoisotopic (exact) mass is 564 g/mol. The van der Waals surface area contributed by atoms with Crippen molar-refractivity contribution in [1.82, 2.24) is 14.8 Å². The summed E-state index contributed by atoms with van der Waals surface area (Å²) in [5.74, 6) is 0.426. The van der Waals surface area contributed by atoms with E-state index in [1.165, 1.54) is 27.3 Å². The number of allylic oxidation sites excluding steroid dienone is 1. The second kappa shape index (κ2) is 14.9. The zero-order chi connectivity index (χ0) is 27.6. The molecule has 0 bridgehead atoms. The average Bonchev–Trinajstić information content (AvgIpc) is 3.25. The van der Waals surface area contributed by atoms with Crippen molar-refractivity contribution in [3.8, 4) is 0 Å². The number of hydrogen-bond acceptors (Lipinski definition) is 10. The van der Waals surface area contributed by atoms with Crippen molar-refractivity contribution in [2.45, 2.75) is 57.3 Å². The van der Waals surface area contributed by atoms with Crippen LogP contribution in [0, 0.1) is 0 Å². The molecule has 1 fully saturated rings. The molecule has 13 nitrogen and oxygen atoms in total. The minimum Gasteiger partial charge on any atom is -0.382 e. The number of nitrogens with zero attached hydrogens (tertiary/aromatic N) is 5. The Morgan fingerprint density at radius 1 is 1.27 bits per heavy atom. The van der Waals surface area contributed by atoms with Gasteiger partial charge in [0.05, 0.1) is 45.2 Å². The lowest BCUT2D eigenvalue weighted by molar-refractivity contribution is -0.0957. The van der Waals surface area contributed by atoms with Gasteiger partial charge in [0, 0.05) is 25.5 Å². The molecule has 0 radical (unpaired) electrons. The van der Waals surface area contributed by atoms with Crippen molar-refractivity contribution >= 4 is 40.1 Å². The van der Waals surface area contributed by atoms with Gasteiger partial charge in [0.2, 0.25) is 16.0 Å². The molecule has 37 heavy (non-hydrogen) atoms. The molecule has 1 N–H and O–H groups in total. The van der Waals surface area contributed by atoms with Gasteiger partial charge in [-0.3, -0.25) is 9.29 Å². The molecular formula is C22H37ClN6O7S. The molecule has 210 valence electrons. The van der Waals surface area contributed by atoms with Gasteiger partial charge in [-0.15, -0.1) is 10.2 Å². The van der Waals surface area contributed by atoms with E-state index in [1.54, 1.807) is 25.3 Å². The first-order valence-electron chi connectivity index (χ1n) is 11.7. The number of halogens is 1. The first-order chi connectivity index (χ1) is 17.5. The van der Waals surface area contributed by atoms with Crippen LogP contribution in [-0.2, 0) is 33.7 Å². The Labute approximate surface area is 223 Å². The molecule has 0 aromatic carbocycles. The number of rotatable bonds is 14. The van der Waals surface area contributed by atoms with Gasteiger partial charge in [0.15, 0.2) is 11.7 Å². The number of amidine groups is 1. The second-order valence-corrected chi connectivity index (χ2v) is 11.2. The van der Waals surface area contributed by atoms with Crippen LogP contribution in [0.4, 0.5) is 5.95 Å². The third kappa shape index (κ3) is 8.80. The zero-order valence-corrected chi connectivity index (χ0v) is 23.7. The second-order valence-electron chi connectivity index (χ2n) is 8.57. The summed E-state index contributed by atoms with van der Waals surface area (Å²) in [6.07, 6.45) is -0.576. The number of anilines is 1. The molecule has 2 rings (SSSR count). The maximum Gasteiger partial charge on any atom is 0.240 e. The first kappa shape index (κ1) is 31.3. The fourth-order valence-electron chi connectivity index (χ4n) is 3.59. The molecule has 0 saturated carbocycles. The van der Waals surface area contributed by atoms with Crippen LogP contribution in [-0.4, -0.2) is 100 Å². The van der Waals surface area contributed by atoms with Crippen LogP contribution in [0.15, 0.2) is 21.2 Å². The van der Waals surface area contributed by atoms with E-state index in [2.05, 4.69) is 31.6 Å². The van der Waals surface area contributed by atoms with Crippen molar-refractivity contribution in [2.24, 2.45) is 9.98 Å². The molecule has 1 aromatic rings. The standard InChI is InChI=1S/C22H37ClN6O7S/c1-14(2)36-19(20(24-5)25-10-15(3)23)16(4)37(30,31)28-22-27-26-21(18-13-34-8-9-35-18)29(22)17(11-32-6)12-33-7/h10,14,16-19H,5,8-9,11-13H2,1-4,6-7H3,(H,27,28)/b15-10+,25-20?/t16-,18-,19+/m0/s1. The molecule has 3 atom stereocenters. The van der Waals surface area contributed by atoms with E-state index in [1.807, 2.05) is 0 Å². The zero-order valence-electron chi connectivity index (χ0n) is 22.1. The van der Waals surface area contributed by atoms with E-state index >= 15 is 0 Å². The fraction of sp³-hybridized carbons (Fsp3) is 0.727. The van der Waals surface area contributed by atoms with Crippen molar-refractivity contribution in [3.05, 3.63) is 17.1 Å². The lowest BCUT2D eigenvalue weighted by Crippen LogP contribution is -2.43. The van der Waals surface area contributed by atoms with Gasteiger partial charge >= 0.3 is 0 Å².